The molecule has 1 aromatic rings. The van der Waals surface area contributed by atoms with E-state index in [0.717, 1.165) is 4.90 Å². The van der Waals surface area contributed by atoms with Crippen LogP contribution in [0.2, 0.25) is 0 Å². The van der Waals surface area contributed by atoms with Crippen molar-refractivity contribution in [3.05, 3.63) is 16.7 Å². The van der Waals surface area contributed by atoms with Crippen LogP contribution in [-0.4, -0.2) is 39.6 Å². The molecule has 1 aliphatic heterocycles. The Bertz CT molecular complexity index is 523. The van der Waals surface area contributed by atoms with Crippen LogP contribution < -0.4 is 11.1 Å². The van der Waals surface area contributed by atoms with Gasteiger partial charge in [0, 0.05) is 6.54 Å². The number of likely N-dealkylation sites (tertiary alicyclic amines) is 1. The van der Waals surface area contributed by atoms with Gasteiger partial charge in [0.2, 0.25) is 5.91 Å². The summed E-state index contributed by atoms with van der Waals surface area (Å²) < 4.78 is 0.566. The Morgan fingerprint density at radius 2 is 2.26 bits per heavy atom. The fourth-order valence-corrected chi connectivity index (χ4v) is 2.36. The molecule has 0 spiro atoms. The average molecular weight is 329 g/mol. The zero-order valence-electron chi connectivity index (χ0n) is 9.97. The lowest BCUT2D eigenvalue weighted by Crippen LogP contribution is -2.42. The number of carbonyl (C=O) groups excluding carboxylic acids is 1. The summed E-state index contributed by atoms with van der Waals surface area (Å²) in [6.07, 6.45) is 0.111. The standard InChI is InChI=1S/C11H13BrN4O3/c12-8-4-3-6(9(13)15-8)14-10(17)7-2-1-5-16(7)11(18)19/h3-4,7H,1-2,5H2,(H2,13,15)(H,14,17)(H,18,19). The van der Waals surface area contributed by atoms with Gasteiger partial charge in [-0.2, -0.15) is 0 Å². The van der Waals surface area contributed by atoms with Crippen molar-refractivity contribution in [2.24, 2.45) is 0 Å². The Kier molecular flexibility index (Phi) is 3.89. The molecule has 0 bridgehead atoms. The number of halogens is 1. The van der Waals surface area contributed by atoms with Crippen molar-refractivity contribution >= 4 is 39.4 Å². The number of hydrogen-bond acceptors (Lipinski definition) is 4. The lowest BCUT2D eigenvalue weighted by atomic mass is 10.2. The van der Waals surface area contributed by atoms with Crippen LogP contribution >= 0.6 is 15.9 Å². The molecule has 1 saturated heterocycles. The largest absolute Gasteiger partial charge is 0.465 e. The van der Waals surface area contributed by atoms with Gasteiger partial charge in [0.25, 0.3) is 0 Å². The molecule has 1 aromatic heterocycles. The molecule has 0 saturated carbocycles. The summed E-state index contributed by atoms with van der Waals surface area (Å²) in [5.41, 5.74) is 6.06. The van der Waals surface area contributed by atoms with Crippen LogP contribution in [0.1, 0.15) is 12.8 Å². The van der Waals surface area contributed by atoms with Gasteiger partial charge in [0.05, 0.1) is 5.69 Å². The number of aromatic nitrogens is 1. The maximum atomic E-state index is 12.1. The number of nitrogen functional groups attached to an aromatic ring is 1. The van der Waals surface area contributed by atoms with Crippen LogP contribution in [-0.2, 0) is 4.79 Å². The molecular formula is C11H13BrN4O3. The summed E-state index contributed by atoms with van der Waals surface area (Å²) >= 11 is 3.17. The summed E-state index contributed by atoms with van der Waals surface area (Å²) in [6.45, 7) is 0.376. The van der Waals surface area contributed by atoms with Crippen molar-refractivity contribution in [3.63, 3.8) is 0 Å². The number of nitrogens with one attached hydrogen (secondary N) is 1. The van der Waals surface area contributed by atoms with Crippen molar-refractivity contribution in [2.45, 2.75) is 18.9 Å². The van der Waals surface area contributed by atoms with Gasteiger partial charge in [-0.3, -0.25) is 9.69 Å². The molecule has 19 heavy (non-hydrogen) atoms. The number of nitrogens with two attached hydrogens (primary N) is 1. The van der Waals surface area contributed by atoms with E-state index in [2.05, 4.69) is 26.2 Å². The zero-order valence-corrected chi connectivity index (χ0v) is 11.6. The third-order valence-corrected chi connectivity index (χ3v) is 3.39. The molecule has 0 aliphatic carbocycles. The summed E-state index contributed by atoms with van der Waals surface area (Å²) in [5.74, 6) is -0.196. The molecule has 1 fully saturated rings. The SMILES string of the molecule is Nc1nc(Br)ccc1NC(=O)C1CCCN1C(=O)O. The molecule has 1 atom stereocenters. The van der Waals surface area contributed by atoms with Crippen molar-refractivity contribution in [1.82, 2.24) is 9.88 Å². The van der Waals surface area contributed by atoms with Gasteiger partial charge >= 0.3 is 6.09 Å². The maximum Gasteiger partial charge on any atom is 0.407 e. The normalized spacial score (nSPS) is 18.4. The lowest BCUT2D eigenvalue weighted by molar-refractivity contribution is -0.119. The number of hydrogen-bond donors (Lipinski definition) is 3. The van der Waals surface area contributed by atoms with Gasteiger partial charge in [-0.1, -0.05) is 0 Å². The van der Waals surface area contributed by atoms with Crippen molar-refractivity contribution in [1.29, 1.82) is 0 Å². The van der Waals surface area contributed by atoms with E-state index in [1.807, 2.05) is 0 Å². The number of carboxylic acid groups (broad SMARTS) is 1. The monoisotopic (exact) mass is 328 g/mol. The van der Waals surface area contributed by atoms with Crippen LogP contribution in [0.3, 0.4) is 0 Å². The highest BCUT2D eigenvalue weighted by atomic mass is 79.9. The van der Waals surface area contributed by atoms with Crippen LogP contribution in [0.25, 0.3) is 0 Å². The summed E-state index contributed by atoms with van der Waals surface area (Å²) in [7, 11) is 0. The third kappa shape index (κ3) is 2.95. The highest BCUT2D eigenvalue weighted by molar-refractivity contribution is 9.10. The molecule has 0 aromatic carbocycles. The van der Waals surface area contributed by atoms with E-state index >= 15 is 0 Å². The fraction of sp³-hybridized carbons (Fsp3) is 0.364. The Labute approximate surface area is 117 Å². The fourth-order valence-electron chi connectivity index (χ4n) is 2.04. The molecule has 1 unspecified atom stereocenters. The van der Waals surface area contributed by atoms with Crippen LogP contribution in [0.4, 0.5) is 16.3 Å². The van der Waals surface area contributed by atoms with Crippen molar-refractivity contribution in [2.75, 3.05) is 17.6 Å². The smallest absolute Gasteiger partial charge is 0.407 e. The first kappa shape index (κ1) is 13.6. The first-order valence-electron chi connectivity index (χ1n) is 5.71. The van der Waals surface area contributed by atoms with Crippen molar-refractivity contribution in [3.8, 4) is 0 Å². The predicted molar refractivity (Wildman–Crippen MR) is 72.7 cm³/mol. The van der Waals surface area contributed by atoms with E-state index in [9.17, 15) is 9.59 Å². The van der Waals surface area contributed by atoms with Crippen LogP contribution in [0, 0.1) is 0 Å². The highest BCUT2D eigenvalue weighted by Crippen LogP contribution is 2.22. The molecule has 2 rings (SSSR count). The molecule has 2 amide bonds. The minimum Gasteiger partial charge on any atom is -0.465 e. The minimum absolute atomic E-state index is 0.183. The summed E-state index contributed by atoms with van der Waals surface area (Å²) in [5, 5.41) is 11.6. The van der Waals surface area contributed by atoms with Gasteiger partial charge < -0.3 is 16.2 Å². The Morgan fingerprint density at radius 3 is 2.89 bits per heavy atom. The summed E-state index contributed by atoms with van der Waals surface area (Å²) in [6, 6.07) is 2.60. The Balaban J connectivity index is 2.10. The second-order valence-corrected chi connectivity index (χ2v) is 5.00. The van der Waals surface area contributed by atoms with Crippen LogP contribution in [0.5, 0.6) is 0 Å². The number of amides is 2. The maximum absolute atomic E-state index is 12.1. The van der Waals surface area contributed by atoms with E-state index in [1.165, 1.54) is 0 Å². The average Bonchev–Trinajstić information content (AvgIpc) is 2.82. The molecular weight excluding hydrogens is 316 g/mol. The molecule has 8 heteroatoms. The van der Waals surface area contributed by atoms with Gasteiger partial charge in [-0.15, -0.1) is 0 Å². The molecule has 1 aliphatic rings. The highest BCUT2D eigenvalue weighted by Gasteiger charge is 2.34. The van der Waals surface area contributed by atoms with Gasteiger partial charge in [-0.05, 0) is 40.9 Å². The van der Waals surface area contributed by atoms with Gasteiger partial charge in [-0.25, -0.2) is 9.78 Å². The quantitative estimate of drug-likeness (QED) is 0.713. The van der Waals surface area contributed by atoms with E-state index in [1.54, 1.807) is 12.1 Å². The first-order valence-corrected chi connectivity index (χ1v) is 6.51. The molecule has 7 nitrogen and oxygen atoms in total. The number of anilines is 2. The Morgan fingerprint density at radius 1 is 1.53 bits per heavy atom. The number of rotatable bonds is 2. The lowest BCUT2D eigenvalue weighted by Gasteiger charge is -2.20. The van der Waals surface area contributed by atoms with E-state index in [0.29, 0.717) is 29.7 Å². The molecule has 2 heterocycles. The zero-order chi connectivity index (χ0) is 14.0. The van der Waals surface area contributed by atoms with Crippen molar-refractivity contribution < 1.29 is 14.7 Å². The summed E-state index contributed by atoms with van der Waals surface area (Å²) in [4.78, 5) is 28.1. The molecule has 4 N–H and O–H groups in total. The number of carbonyl (C=O) groups is 2. The van der Waals surface area contributed by atoms with Gasteiger partial charge in [0.1, 0.15) is 16.5 Å². The third-order valence-electron chi connectivity index (χ3n) is 2.95. The Hall–Kier alpha value is -1.83. The first-order chi connectivity index (χ1) is 8.99. The molecule has 0 radical (unpaired) electrons. The van der Waals surface area contributed by atoms with Gasteiger partial charge in [0.15, 0.2) is 0 Å². The predicted octanol–water partition coefficient (Wildman–Crippen LogP) is 1.51. The number of pyridine rings is 1. The number of nitrogens with zero attached hydrogens (tertiary/aromatic N) is 2. The second kappa shape index (κ2) is 5.43. The van der Waals surface area contributed by atoms with Crippen LogP contribution in [0.15, 0.2) is 16.7 Å². The van der Waals surface area contributed by atoms with E-state index in [-0.39, 0.29) is 11.7 Å². The minimum atomic E-state index is -1.08. The topological polar surface area (TPSA) is 109 Å². The van der Waals surface area contributed by atoms with E-state index < -0.39 is 12.1 Å². The second-order valence-electron chi connectivity index (χ2n) is 4.19. The van der Waals surface area contributed by atoms with E-state index in [4.69, 9.17) is 10.8 Å². The molecule has 102 valence electrons.